The van der Waals surface area contributed by atoms with Gasteiger partial charge >= 0.3 is 0 Å². The van der Waals surface area contributed by atoms with Gasteiger partial charge in [0.2, 0.25) is 0 Å². The Balaban J connectivity index is 2.29. The fourth-order valence-electron chi connectivity index (χ4n) is 0.870. The van der Waals surface area contributed by atoms with Crippen LogP contribution in [0.1, 0.15) is 24.3 Å². The number of hydrogen-bond donors (Lipinski definition) is 0. The van der Waals surface area contributed by atoms with Crippen molar-refractivity contribution in [2.75, 3.05) is 0 Å². The van der Waals surface area contributed by atoms with Crippen LogP contribution in [0.5, 0.6) is 0 Å². The van der Waals surface area contributed by atoms with E-state index >= 15 is 0 Å². The van der Waals surface area contributed by atoms with Crippen molar-refractivity contribution in [3.05, 3.63) is 24.3 Å². The van der Waals surface area contributed by atoms with E-state index in [0.29, 0.717) is 0 Å². The molecule has 9 heavy (non-hydrogen) atoms. The molecule has 0 saturated heterocycles. The lowest BCUT2D eigenvalue weighted by Crippen LogP contribution is -1.82. The molecule has 0 bridgehead atoms. The average molecular weight is 119 g/mol. The minimum atomic E-state index is 0.728. The second kappa shape index (κ2) is 1.79. The third kappa shape index (κ3) is 0.922. The Morgan fingerprint density at radius 1 is 1.56 bits per heavy atom. The second-order valence-corrected chi connectivity index (χ2v) is 2.36. The van der Waals surface area contributed by atoms with Crippen molar-refractivity contribution in [3.63, 3.8) is 0 Å². The van der Waals surface area contributed by atoms with Gasteiger partial charge in [-0.15, -0.1) is 0 Å². The molecule has 1 radical (unpaired) electrons. The molecule has 0 atom stereocenters. The Morgan fingerprint density at radius 3 is 3.00 bits per heavy atom. The first-order valence-electron chi connectivity index (χ1n) is 3.14. The van der Waals surface area contributed by atoms with E-state index < -0.39 is 0 Å². The molecular weight excluding hydrogens is 112 g/mol. The summed E-state index contributed by atoms with van der Waals surface area (Å²) >= 11 is 0. The molecule has 2 heteroatoms. The number of aromatic nitrogens is 2. The number of rotatable bonds is 1. The molecule has 45 valence electrons. The third-order valence-corrected chi connectivity index (χ3v) is 1.55. The van der Waals surface area contributed by atoms with Crippen LogP contribution in [0.2, 0.25) is 0 Å². The smallest absolute Gasteiger partial charge is 0.116 e. The van der Waals surface area contributed by atoms with Gasteiger partial charge in [0.05, 0.1) is 6.20 Å². The van der Waals surface area contributed by atoms with Crippen molar-refractivity contribution in [2.45, 2.75) is 18.8 Å². The van der Waals surface area contributed by atoms with E-state index in [1.807, 2.05) is 6.20 Å². The topological polar surface area (TPSA) is 25.8 Å². The first-order valence-corrected chi connectivity index (χ1v) is 3.14. The van der Waals surface area contributed by atoms with Gasteiger partial charge in [-0.25, -0.2) is 9.97 Å². The first-order chi connectivity index (χ1) is 4.47. The Morgan fingerprint density at radius 2 is 2.44 bits per heavy atom. The number of nitrogens with zero attached hydrogens (tertiary/aromatic N) is 2. The normalized spacial score (nSPS) is 17.8. The Kier molecular flexibility index (Phi) is 0.979. The Labute approximate surface area is 54.0 Å². The predicted octanol–water partition coefficient (Wildman–Crippen LogP) is 1.15. The summed E-state index contributed by atoms with van der Waals surface area (Å²) in [7, 11) is 0. The zero-order valence-corrected chi connectivity index (χ0v) is 5.04. The fourth-order valence-corrected chi connectivity index (χ4v) is 0.870. The molecule has 0 aliphatic heterocycles. The minimum absolute atomic E-state index is 0.728. The molecular formula is C7H7N2. The molecule has 1 saturated carbocycles. The van der Waals surface area contributed by atoms with E-state index in [1.54, 1.807) is 0 Å². The van der Waals surface area contributed by atoms with E-state index in [9.17, 15) is 0 Å². The molecule has 0 aromatic carbocycles. The zero-order chi connectivity index (χ0) is 6.10. The van der Waals surface area contributed by atoms with Gasteiger partial charge in [-0.05, 0) is 18.8 Å². The highest BCUT2D eigenvalue weighted by molar-refractivity contribution is 5.14. The summed E-state index contributed by atoms with van der Waals surface area (Å²) in [5.74, 6) is 0.728. The standard InChI is InChI=1S/C7H7N2/c1-2-6(1)7-3-8-5-9-4-7/h3,5-6H,1-2H2. The van der Waals surface area contributed by atoms with Gasteiger partial charge in [0.15, 0.2) is 0 Å². The zero-order valence-electron chi connectivity index (χ0n) is 5.04. The summed E-state index contributed by atoms with van der Waals surface area (Å²) < 4.78 is 0. The van der Waals surface area contributed by atoms with Crippen LogP contribution in [0, 0.1) is 6.20 Å². The maximum Gasteiger partial charge on any atom is 0.116 e. The van der Waals surface area contributed by atoms with Crippen molar-refractivity contribution in [1.29, 1.82) is 0 Å². The van der Waals surface area contributed by atoms with Crippen LogP contribution in [0.3, 0.4) is 0 Å². The van der Waals surface area contributed by atoms with E-state index in [0.717, 1.165) is 5.92 Å². The van der Waals surface area contributed by atoms with Crippen LogP contribution in [-0.2, 0) is 0 Å². The van der Waals surface area contributed by atoms with Gasteiger partial charge in [0, 0.05) is 11.8 Å². The van der Waals surface area contributed by atoms with Crippen LogP contribution in [0.25, 0.3) is 0 Å². The van der Waals surface area contributed by atoms with Gasteiger partial charge in [0.1, 0.15) is 6.33 Å². The lowest BCUT2D eigenvalue weighted by atomic mass is 10.2. The van der Waals surface area contributed by atoms with Gasteiger partial charge in [-0.3, -0.25) is 0 Å². The number of hydrogen-bond acceptors (Lipinski definition) is 2. The Hall–Kier alpha value is -0.920. The van der Waals surface area contributed by atoms with Crippen molar-refractivity contribution in [1.82, 2.24) is 9.97 Å². The monoisotopic (exact) mass is 119 g/mol. The molecule has 1 aliphatic carbocycles. The van der Waals surface area contributed by atoms with Crippen LogP contribution in [-0.4, -0.2) is 9.97 Å². The van der Waals surface area contributed by atoms with Gasteiger partial charge in [-0.1, -0.05) is 0 Å². The predicted molar refractivity (Wildman–Crippen MR) is 32.8 cm³/mol. The lowest BCUT2D eigenvalue weighted by molar-refractivity contribution is 1.03. The maximum atomic E-state index is 3.90. The average Bonchev–Trinajstić information content (AvgIpc) is 2.71. The van der Waals surface area contributed by atoms with Gasteiger partial charge in [0.25, 0.3) is 0 Å². The molecule has 0 spiro atoms. The highest BCUT2D eigenvalue weighted by Crippen LogP contribution is 2.38. The summed E-state index contributed by atoms with van der Waals surface area (Å²) in [4.78, 5) is 7.71. The quantitative estimate of drug-likeness (QED) is 0.554. The van der Waals surface area contributed by atoms with E-state index in [4.69, 9.17) is 0 Å². The Bertz CT molecular complexity index is 191. The van der Waals surface area contributed by atoms with E-state index in [2.05, 4.69) is 16.2 Å². The van der Waals surface area contributed by atoms with Crippen molar-refractivity contribution in [3.8, 4) is 0 Å². The van der Waals surface area contributed by atoms with E-state index in [-0.39, 0.29) is 0 Å². The van der Waals surface area contributed by atoms with Crippen LogP contribution in [0.15, 0.2) is 12.5 Å². The third-order valence-electron chi connectivity index (χ3n) is 1.55. The highest BCUT2D eigenvalue weighted by atomic mass is 14.8. The maximum absolute atomic E-state index is 3.90. The van der Waals surface area contributed by atoms with Crippen molar-refractivity contribution < 1.29 is 0 Å². The fraction of sp³-hybridized carbons (Fsp3) is 0.429. The molecule has 0 amide bonds. The highest BCUT2D eigenvalue weighted by Gasteiger charge is 2.23. The molecule has 1 fully saturated rings. The van der Waals surface area contributed by atoms with Gasteiger partial charge in [-0.2, -0.15) is 0 Å². The molecule has 1 aromatic heterocycles. The summed E-state index contributed by atoms with van der Waals surface area (Å²) in [6.45, 7) is 0. The molecule has 0 unspecified atom stereocenters. The summed E-state index contributed by atoms with van der Waals surface area (Å²) in [6, 6.07) is 0. The molecule has 1 aromatic rings. The van der Waals surface area contributed by atoms with Crippen LogP contribution in [0.4, 0.5) is 0 Å². The van der Waals surface area contributed by atoms with Crippen LogP contribution >= 0.6 is 0 Å². The molecule has 2 rings (SSSR count). The molecule has 1 aliphatic rings. The minimum Gasteiger partial charge on any atom is -0.244 e. The molecule has 0 N–H and O–H groups in total. The first kappa shape index (κ1) is 4.91. The second-order valence-electron chi connectivity index (χ2n) is 2.36. The van der Waals surface area contributed by atoms with Crippen molar-refractivity contribution >= 4 is 0 Å². The SMILES string of the molecule is [c]1ncncc1C1CC1. The summed E-state index contributed by atoms with van der Waals surface area (Å²) in [5, 5.41) is 0. The molecule has 1 heterocycles. The summed E-state index contributed by atoms with van der Waals surface area (Å²) in [5.41, 5.74) is 1.18. The largest absolute Gasteiger partial charge is 0.244 e. The van der Waals surface area contributed by atoms with Crippen molar-refractivity contribution in [2.24, 2.45) is 0 Å². The summed E-state index contributed by atoms with van der Waals surface area (Å²) in [6.07, 6.45) is 8.88. The molecule has 2 nitrogen and oxygen atoms in total. The lowest BCUT2D eigenvalue weighted by Gasteiger charge is -1.89. The van der Waals surface area contributed by atoms with Gasteiger partial charge < -0.3 is 0 Å². The van der Waals surface area contributed by atoms with Crippen LogP contribution < -0.4 is 0 Å². The van der Waals surface area contributed by atoms with E-state index in [1.165, 1.54) is 24.7 Å².